The van der Waals surface area contributed by atoms with Crippen LogP contribution in [0.5, 0.6) is 0 Å². The normalized spacial score (nSPS) is 10.8. The third-order valence-corrected chi connectivity index (χ3v) is 3.75. The van der Waals surface area contributed by atoms with Crippen molar-refractivity contribution in [3.63, 3.8) is 0 Å². The molecule has 24 heavy (non-hydrogen) atoms. The molecule has 0 bridgehead atoms. The van der Waals surface area contributed by atoms with Gasteiger partial charge in [-0.2, -0.15) is 10.2 Å². The van der Waals surface area contributed by atoms with Gasteiger partial charge in [-0.3, -0.25) is 9.89 Å². The van der Waals surface area contributed by atoms with Gasteiger partial charge in [-0.05, 0) is 35.9 Å². The van der Waals surface area contributed by atoms with Gasteiger partial charge in [0.15, 0.2) is 0 Å². The Morgan fingerprint density at radius 2 is 2.00 bits per heavy atom. The van der Waals surface area contributed by atoms with Crippen molar-refractivity contribution in [3.05, 3.63) is 72.7 Å². The van der Waals surface area contributed by atoms with E-state index < -0.39 is 0 Å². The van der Waals surface area contributed by atoms with E-state index in [-0.39, 0.29) is 12.3 Å². The van der Waals surface area contributed by atoms with E-state index in [4.69, 9.17) is 0 Å². The maximum atomic E-state index is 12.2. The number of para-hydroxylation sites is 1. The first-order chi connectivity index (χ1) is 11.8. The quantitative estimate of drug-likeness (QED) is 0.607. The van der Waals surface area contributed by atoms with Gasteiger partial charge in [0, 0.05) is 17.3 Å². The first-order valence-electron chi connectivity index (χ1n) is 7.60. The van der Waals surface area contributed by atoms with Crippen LogP contribution in [0.25, 0.3) is 16.6 Å². The van der Waals surface area contributed by atoms with Crippen LogP contribution in [-0.2, 0) is 11.2 Å². The van der Waals surface area contributed by atoms with Crippen molar-refractivity contribution in [2.75, 3.05) is 5.32 Å². The standard InChI is InChI=1S/C18H15N5O/c24-18(21-15-6-7-17-14(9-15)11-19-22-17)8-13-10-20-23(12-13)16-4-2-1-3-5-16/h1-7,9-12H,8H2,(H,19,22)(H,21,24). The van der Waals surface area contributed by atoms with E-state index in [1.54, 1.807) is 17.1 Å². The van der Waals surface area contributed by atoms with E-state index in [0.717, 1.165) is 27.8 Å². The number of amides is 1. The molecule has 0 unspecified atom stereocenters. The molecule has 2 aromatic carbocycles. The molecule has 0 aliphatic heterocycles. The summed E-state index contributed by atoms with van der Waals surface area (Å²) in [5, 5.41) is 15.0. The number of aromatic amines is 1. The van der Waals surface area contributed by atoms with Crippen molar-refractivity contribution in [1.82, 2.24) is 20.0 Å². The van der Waals surface area contributed by atoms with Crippen LogP contribution in [0.3, 0.4) is 0 Å². The van der Waals surface area contributed by atoms with Gasteiger partial charge in [-0.15, -0.1) is 0 Å². The second-order valence-electron chi connectivity index (χ2n) is 5.53. The minimum absolute atomic E-state index is 0.0783. The van der Waals surface area contributed by atoms with Crippen molar-refractivity contribution in [1.29, 1.82) is 0 Å². The van der Waals surface area contributed by atoms with Crippen LogP contribution >= 0.6 is 0 Å². The summed E-state index contributed by atoms with van der Waals surface area (Å²) in [5.74, 6) is -0.0783. The van der Waals surface area contributed by atoms with Crippen LogP contribution in [-0.4, -0.2) is 25.9 Å². The Kier molecular flexibility index (Phi) is 3.55. The van der Waals surface area contributed by atoms with Gasteiger partial charge in [-0.1, -0.05) is 18.2 Å². The van der Waals surface area contributed by atoms with E-state index in [9.17, 15) is 4.79 Å². The number of H-pyrrole nitrogens is 1. The van der Waals surface area contributed by atoms with Crippen LogP contribution in [0.1, 0.15) is 5.56 Å². The summed E-state index contributed by atoms with van der Waals surface area (Å²) >= 11 is 0. The Hall–Kier alpha value is -3.41. The molecule has 2 aromatic heterocycles. The number of hydrogen-bond donors (Lipinski definition) is 2. The number of hydrogen-bond acceptors (Lipinski definition) is 3. The van der Waals surface area contributed by atoms with Crippen molar-refractivity contribution >= 4 is 22.5 Å². The van der Waals surface area contributed by atoms with E-state index in [0.29, 0.717) is 0 Å². The molecular formula is C18H15N5O. The van der Waals surface area contributed by atoms with Gasteiger partial charge in [0.2, 0.25) is 5.91 Å². The van der Waals surface area contributed by atoms with E-state index in [1.165, 1.54) is 0 Å². The third kappa shape index (κ3) is 2.89. The smallest absolute Gasteiger partial charge is 0.228 e. The number of anilines is 1. The summed E-state index contributed by atoms with van der Waals surface area (Å²) < 4.78 is 1.76. The SMILES string of the molecule is O=C(Cc1cnn(-c2ccccc2)c1)Nc1ccc2[nH]ncc2c1. The molecule has 0 saturated carbocycles. The number of nitrogens with one attached hydrogen (secondary N) is 2. The fourth-order valence-electron chi connectivity index (χ4n) is 2.58. The largest absolute Gasteiger partial charge is 0.326 e. The lowest BCUT2D eigenvalue weighted by Gasteiger charge is -2.04. The summed E-state index contributed by atoms with van der Waals surface area (Å²) in [7, 11) is 0. The number of fused-ring (bicyclic) bond motifs is 1. The summed E-state index contributed by atoms with van der Waals surface area (Å²) in [5.41, 5.74) is 3.52. The van der Waals surface area contributed by atoms with Crippen LogP contribution in [0, 0.1) is 0 Å². The lowest BCUT2D eigenvalue weighted by atomic mass is 10.2. The monoisotopic (exact) mass is 317 g/mol. The minimum Gasteiger partial charge on any atom is -0.326 e. The fraction of sp³-hybridized carbons (Fsp3) is 0.0556. The zero-order chi connectivity index (χ0) is 16.4. The molecule has 6 heteroatoms. The lowest BCUT2D eigenvalue weighted by molar-refractivity contribution is -0.115. The second-order valence-corrected chi connectivity index (χ2v) is 5.53. The van der Waals surface area contributed by atoms with Gasteiger partial charge in [0.05, 0.1) is 30.0 Å². The molecule has 0 aliphatic rings. The summed E-state index contributed by atoms with van der Waals surface area (Å²) in [6.07, 6.45) is 5.59. The predicted octanol–water partition coefficient (Wildman–Crippen LogP) is 2.93. The molecule has 0 radical (unpaired) electrons. The Morgan fingerprint density at radius 3 is 2.88 bits per heavy atom. The zero-order valence-electron chi connectivity index (χ0n) is 12.8. The molecule has 4 rings (SSSR count). The highest BCUT2D eigenvalue weighted by molar-refractivity contribution is 5.94. The molecule has 0 aliphatic carbocycles. The van der Waals surface area contributed by atoms with Crippen molar-refractivity contribution in [2.45, 2.75) is 6.42 Å². The molecule has 4 aromatic rings. The Labute approximate surface area is 138 Å². The number of carbonyl (C=O) groups excluding carboxylic acids is 1. The Morgan fingerprint density at radius 1 is 1.12 bits per heavy atom. The molecule has 2 heterocycles. The molecule has 0 saturated heterocycles. The molecular weight excluding hydrogens is 302 g/mol. The van der Waals surface area contributed by atoms with Crippen LogP contribution in [0.2, 0.25) is 0 Å². The van der Waals surface area contributed by atoms with Gasteiger partial charge in [-0.25, -0.2) is 4.68 Å². The molecule has 1 amide bonds. The predicted molar refractivity (Wildman–Crippen MR) is 92.0 cm³/mol. The number of nitrogens with zero attached hydrogens (tertiary/aromatic N) is 3. The second kappa shape index (κ2) is 6.00. The van der Waals surface area contributed by atoms with Crippen molar-refractivity contribution in [2.24, 2.45) is 0 Å². The molecule has 0 fully saturated rings. The number of rotatable bonds is 4. The van der Waals surface area contributed by atoms with Crippen molar-refractivity contribution < 1.29 is 4.79 Å². The van der Waals surface area contributed by atoms with Gasteiger partial charge < -0.3 is 5.32 Å². The third-order valence-electron chi connectivity index (χ3n) is 3.75. The number of aromatic nitrogens is 4. The van der Waals surface area contributed by atoms with Crippen molar-refractivity contribution in [3.8, 4) is 5.69 Å². The highest BCUT2D eigenvalue weighted by Gasteiger charge is 2.08. The van der Waals surface area contributed by atoms with Gasteiger partial charge in [0.25, 0.3) is 0 Å². The average Bonchev–Trinajstić information content (AvgIpc) is 3.24. The molecule has 118 valence electrons. The first kappa shape index (κ1) is 14.2. The highest BCUT2D eigenvalue weighted by Crippen LogP contribution is 2.17. The summed E-state index contributed by atoms with van der Waals surface area (Å²) in [4.78, 5) is 12.2. The lowest BCUT2D eigenvalue weighted by Crippen LogP contribution is -2.13. The Bertz CT molecular complexity index is 987. The number of carbonyl (C=O) groups is 1. The van der Waals surface area contributed by atoms with Gasteiger partial charge >= 0.3 is 0 Å². The summed E-state index contributed by atoms with van der Waals surface area (Å²) in [6, 6.07) is 15.4. The zero-order valence-corrected chi connectivity index (χ0v) is 12.8. The molecule has 2 N–H and O–H groups in total. The van der Waals surface area contributed by atoms with Gasteiger partial charge in [0.1, 0.15) is 0 Å². The fourth-order valence-corrected chi connectivity index (χ4v) is 2.58. The van der Waals surface area contributed by atoms with Crippen LogP contribution < -0.4 is 5.32 Å². The summed E-state index contributed by atoms with van der Waals surface area (Å²) in [6.45, 7) is 0. The Balaban J connectivity index is 1.45. The molecule has 0 spiro atoms. The maximum absolute atomic E-state index is 12.2. The minimum atomic E-state index is -0.0783. The van der Waals surface area contributed by atoms with Crippen LogP contribution in [0.4, 0.5) is 5.69 Å². The maximum Gasteiger partial charge on any atom is 0.228 e. The highest BCUT2D eigenvalue weighted by atomic mass is 16.1. The first-order valence-corrected chi connectivity index (χ1v) is 7.60. The average molecular weight is 317 g/mol. The van der Waals surface area contributed by atoms with E-state index in [1.807, 2.05) is 54.7 Å². The topological polar surface area (TPSA) is 75.6 Å². The van der Waals surface area contributed by atoms with Crippen LogP contribution in [0.15, 0.2) is 67.1 Å². The number of benzene rings is 2. The molecule has 0 atom stereocenters. The van der Waals surface area contributed by atoms with E-state index >= 15 is 0 Å². The molecule has 6 nitrogen and oxygen atoms in total. The van der Waals surface area contributed by atoms with E-state index in [2.05, 4.69) is 20.6 Å².